The van der Waals surface area contributed by atoms with Crippen molar-refractivity contribution in [2.45, 2.75) is 57.5 Å². The van der Waals surface area contributed by atoms with Crippen LogP contribution in [0.1, 0.15) is 55.7 Å². The van der Waals surface area contributed by atoms with Crippen LogP contribution in [0.25, 0.3) is 0 Å². The molecule has 5 nitrogen and oxygen atoms in total. The molecule has 1 aromatic heterocycles. The Hall–Kier alpha value is -0.910. The number of nitrogens with zero attached hydrogens (tertiary/aromatic N) is 3. The van der Waals surface area contributed by atoms with Gasteiger partial charge in [-0.1, -0.05) is 12.8 Å². The minimum atomic E-state index is 0.415. The van der Waals surface area contributed by atoms with E-state index in [1.54, 1.807) is 0 Å². The topological polar surface area (TPSA) is 39.5 Å². The third-order valence-corrected chi connectivity index (χ3v) is 6.27. The first-order chi connectivity index (χ1) is 12.3. The Morgan fingerprint density at radius 1 is 1.12 bits per heavy atom. The summed E-state index contributed by atoms with van der Waals surface area (Å²) in [5.41, 5.74) is 2.72. The Balaban J connectivity index is 1.44. The highest BCUT2D eigenvalue weighted by Crippen LogP contribution is 2.31. The van der Waals surface area contributed by atoms with Crippen molar-refractivity contribution < 1.29 is 9.47 Å². The molecule has 4 rings (SSSR count). The van der Waals surface area contributed by atoms with E-state index < -0.39 is 0 Å². The van der Waals surface area contributed by atoms with Crippen LogP contribution in [-0.4, -0.2) is 54.7 Å². The van der Waals surface area contributed by atoms with E-state index in [-0.39, 0.29) is 0 Å². The normalized spacial score (nSPS) is 26.2. The highest BCUT2D eigenvalue weighted by Gasteiger charge is 2.30. The van der Waals surface area contributed by atoms with E-state index in [9.17, 15) is 0 Å². The number of fused-ring (bicyclic) bond motifs is 1. The molecule has 25 heavy (non-hydrogen) atoms. The van der Waals surface area contributed by atoms with Gasteiger partial charge in [0.15, 0.2) is 0 Å². The number of hydrogen-bond acceptors (Lipinski definition) is 4. The lowest BCUT2D eigenvalue weighted by atomic mass is 9.94. The molecule has 3 aliphatic rings. The number of methoxy groups -OCH3 is 1. The molecule has 3 heterocycles. The zero-order valence-electron chi connectivity index (χ0n) is 15.7. The lowest BCUT2D eigenvalue weighted by Gasteiger charge is -2.35. The molecule has 0 aromatic carbocycles. The van der Waals surface area contributed by atoms with Gasteiger partial charge in [0.2, 0.25) is 0 Å². The number of hydrogen-bond donors (Lipinski definition) is 0. The summed E-state index contributed by atoms with van der Waals surface area (Å²) < 4.78 is 13.3. The predicted molar refractivity (Wildman–Crippen MR) is 97.6 cm³/mol. The van der Waals surface area contributed by atoms with Crippen LogP contribution in [0.15, 0.2) is 6.20 Å². The van der Waals surface area contributed by atoms with Gasteiger partial charge in [-0.05, 0) is 37.5 Å². The van der Waals surface area contributed by atoms with E-state index in [1.807, 2.05) is 7.11 Å². The average molecular weight is 348 g/mol. The van der Waals surface area contributed by atoms with Gasteiger partial charge in [-0.2, -0.15) is 5.10 Å². The van der Waals surface area contributed by atoms with Gasteiger partial charge in [-0.3, -0.25) is 9.58 Å². The van der Waals surface area contributed by atoms with Gasteiger partial charge in [0, 0.05) is 64.2 Å². The summed E-state index contributed by atoms with van der Waals surface area (Å²) >= 11 is 0. The summed E-state index contributed by atoms with van der Waals surface area (Å²) in [6.45, 7) is 7.08. The lowest BCUT2D eigenvalue weighted by molar-refractivity contribution is 0.0461. The van der Waals surface area contributed by atoms with E-state index in [1.165, 1.54) is 56.3 Å². The van der Waals surface area contributed by atoms with Crippen molar-refractivity contribution in [2.75, 3.05) is 40.0 Å². The molecule has 1 aliphatic carbocycles. The molecule has 0 spiro atoms. The van der Waals surface area contributed by atoms with Crippen molar-refractivity contribution in [3.05, 3.63) is 17.5 Å². The smallest absolute Gasteiger partial charge is 0.0736 e. The summed E-state index contributed by atoms with van der Waals surface area (Å²) in [7, 11) is 1.81. The molecule has 5 heteroatoms. The molecule has 0 radical (unpaired) electrons. The molecule has 0 amide bonds. The van der Waals surface area contributed by atoms with Crippen LogP contribution < -0.4 is 0 Å². The van der Waals surface area contributed by atoms with Crippen molar-refractivity contribution in [1.82, 2.24) is 14.7 Å². The number of ether oxygens (including phenoxy) is 2. The zero-order valence-corrected chi connectivity index (χ0v) is 15.7. The van der Waals surface area contributed by atoms with Gasteiger partial charge in [0.25, 0.3) is 0 Å². The van der Waals surface area contributed by atoms with Gasteiger partial charge in [-0.15, -0.1) is 0 Å². The average Bonchev–Trinajstić information content (AvgIpc) is 3.26. The molecule has 0 N–H and O–H groups in total. The number of rotatable bonds is 6. The Bertz CT molecular complexity index is 547. The quantitative estimate of drug-likeness (QED) is 0.793. The second-order valence-electron chi connectivity index (χ2n) is 8.31. The van der Waals surface area contributed by atoms with E-state index >= 15 is 0 Å². The van der Waals surface area contributed by atoms with E-state index in [2.05, 4.69) is 15.8 Å². The summed E-state index contributed by atoms with van der Waals surface area (Å²) in [6.07, 6.45) is 10.3. The molecule has 1 saturated heterocycles. The van der Waals surface area contributed by atoms with Crippen LogP contribution in [0.5, 0.6) is 0 Å². The minimum Gasteiger partial charge on any atom is -0.384 e. The maximum absolute atomic E-state index is 5.52. The minimum absolute atomic E-state index is 0.415. The molecule has 1 unspecified atom stereocenters. The molecule has 0 bridgehead atoms. The second kappa shape index (κ2) is 8.19. The van der Waals surface area contributed by atoms with Crippen molar-refractivity contribution in [3.8, 4) is 0 Å². The molecule has 2 fully saturated rings. The fourth-order valence-electron chi connectivity index (χ4n) is 4.96. The maximum atomic E-state index is 5.52. The Morgan fingerprint density at radius 2 is 1.88 bits per heavy atom. The van der Waals surface area contributed by atoms with Crippen molar-refractivity contribution in [1.29, 1.82) is 0 Å². The summed E-state index contributed by atoms with van der Waals surface area (Å²) in [6, 6.07) is 0. The Morgan fingerprint density at radius 3 is 2.64 bits per heavy atom. The van der Waals surface area contributed by atoms with Gasteiger partial charge in [0.1, 0.15) is 0 Å². The van der Waals surface area contributed by atoms with Crippen LogP contribution in [0.3, 0.4) is 0 Å². The highest BCUT2D eigenvalue weighted by atomic mass is 16.5. The fraction of sp³-hybridized carbons (Fsp3) is 0.850. The van der Waals surface area contributed by atoms with Crippen LogP contribution in [0, 0.1) is 11.8 Å². The third-order valence-electron chi connectivity index (χ3n) is 6.27. The van der Waals surface area contributed by atoms with Gasteiger partial charge in [-0.25, -0.2) is 0 Å². The monoisotopic (exact) mass is 347 g/mol. The van der Waals surface area contributed by atoms with Crippen molar-refractivity contribution in [3.63, 3.8) is 0 Å². The standard InChI is InChI=1S/C20H33N3O2/c1-24-15-19-13-22(10-17-6-8-25-9-7-17)12-18-14-23(21-20(18)19)11-16-4-2-3-5-16/h14,16-17,19H,2-13,15H2,1H3. The number of aromatic nitrogens is 2. The van der Waals surface area contributed by atoms with Gasteiger partial charge >= 0.3 is 0 Å². The zero-order chi connectivity index (χ0) is 17.1. The van der Waals surface area contributed by atoms with Crippen LogP contribution in [-0.2, 0) is 22.6 Å². The molecule has 1 saturated carbocycles. The summed E-state index contributed by atoms with van der Waals surface area (Å²) in [4.78, 5) is 2.63. The van der Waals surface area contributed by atoms with Crippen molar-refractivity contribution in [2.24, 2.45) is 11.8 Å². The molecule has 140 valence electrons. The van der Waals surface area contributed by atoms with Crippen LogP contribution in [0.4, 0.5) is 0 Å². The largest absolute Gasteiger partial charge is 0.384 e. The summed E-state index contributed by atoms with van der Waals surface area (Å²) in [5.74, 6) is 2.03. The molecular weight excluding hydrogens is 314 g/mol. The van der Waals surface area contributed by atoms with E-state index in [0.717, 1.165) is 51.3 Å². The van der Waals surface area contributed by atoms with Crippen LogP contribution in [0.2, 0.25) is 0 Å². The molecular formula is C20H33N3O2. The lowest BCUT2D eigenvalue weighted by Crippen LogP contribution is -2.39. The molecule has 1 aromatic rings. The first kappa shape index (κ1) is 17.5. The second-order valence-corrected chi connectivity index (χ2v) is 8.31. The highest BCUT2D eigenvalue weighted by molar-refractivity contribution is 5.24. The van der Waals surface area contributed by atoms with Gasteiger partial charge in [0.05, 0.1) is 12.3 Å². The Labute approximate surface area is 151 Å². The first-order valence-electron chi connectivity index (χ1n) is 10.2. The SMILES string of the molecule is COCC1CN(CC2CCOCC2)Cc2cn(CC3CCCC3)nc21. The third kappa shape index (κ3) is 4.26. The fourth-order valence-corrected chi connectivity index (χ4v) is 4.96. The summed E-state index contributed by atoms with van der Waals surface area (Å²) in [5, 5.41) is 4.99. The van der Waals surface area contributed by atoms with E-state index in [4.69, 9.17) is 14.6 Å². The predicted octanol–water partition coefficient (Wildman–Crippen LogP) is 3.05. The molecule has 1 atom stereocenters. The first-order valence-corrected chi connectivity index (χ1v) is 10.2. The van der Waals surface area contributed by atoms with Gasteiger partial charge < -0.3 is 9.47 Å². The van der Waals surface area contributed by atoms with Crippen LogP contribution >= 0.6 is 0 Å². The maximum Gasteiger partial charge on any atom is 0.0736 e. The van der Waals surface area contributed by atoms with Crippen molar-refractivity contribution >= 4 is 0 Å². The Kier molecular flexibility index (Phi) is 5.73. The molecule has 2 aliphatic heterocycles. The van der Waals surface area contributed by atoms with E-state index in [0.29, 0.717) is 5.92 Å².